The summed E-state index contributed by atoms with van der Waals surface area (Å²) >= 11 is 0. The fourth-order valence-electron chi connectivity index (χ4n) is 4.29. The van der Waals surface area contributed by atoms with Gasteiger partial charge in [-0.05, 0) is 45.9 Å². The summed E-state index contributed by atoms with van der Waals surface area (Å²) in [6, 6.07) is 23.4. The molecule has 0 aliphatic heterocycles. The maximum Gasteiger partial charge on any atom is 0.252 e. The minimum atomic E-state index is -0.763. The van der Waals surface area contributed by atoms with E-state index in [4.69, 9.17) is 4.43 Å². The van der Waals surface area contributed by atoms with Crippen LogP contribution in [0.25, 0.3) is 28.7 Å². The predicted molar refractivity (Wildman–Crippen MR) is 131 cm³/mol. The van der Waals surface area contributed by atoms with E-state index >= 15 is 0 Å². The quantitative estimate of drug-likeness (QED) is 0.467. The van der Waals surface area contributed by atoms with Crippen LogP contribution < -0.4 is 0 Å². The number of rotatable bonds is 5. The van der Waals surface area contributed by atoms with Gasteiger partial charge in [0.2, 0.25) is 0 Å². The predicted octanol–water partition coefficient (Wildman–Crippen LogP) is 6.09. The van der Waals surface area contributed by atoms with Gasteiger partial charge in [0.05, 0.1) is 0 Å². The molecule has 30 heavy (non-hydrogen) atoms. The lowest BCUT2D eigenvalue weighted by molar-refractivity contribution is 0.558. The molecule has 0 unspecified atom stereocenters. The lowest BCUT2D eigenvalue weighted by Crippen LogP contribution is -2.15. The molecule has 3 aromatic rings. The Morgan fingerprint density at radius 3 is 2.10 bits per heavy atom. The smallest absolute Gasteiger partial charge is 0.252 e. The van der Waals surface area contributed by atoms with Crippen molar-refractivity contribution < 1.29 is 4.43 Å². The molecule has 1 nitrogen and oxygen atoms in total. The van der Waals surface area contributed by atoms with Crippen LogP contribution >= 0.6 is 0 Å². The van der Waals surface area contributed by atoms with Gasteiger partial charge in [0.15, 0.2) is 0 Å². The van der Waals surface area contributed by atoms with Crippen molar-refractivity contribution in [3.8, 4) is 0 Å². The monoisotopic (exact) mass is 404 g/mol. The fourth-order valence-corrected chi connectivity index (χ4v) is 5.68. The molecular weight excluding hydrogens is 380 g/mol. The maximum absolute atomic E-state index is 6.21. The van der Waals surface area contributed by atoms with Gasteiger partial charge in [0.25, 0.3) is 9.76 Å². The highest BCUT2D eigenvalue weighted by Crippen LogP contribution is 2.44. The molecule has 0 atom stereocenters. The molecule has 0 saturated carbocycles. The fraction of sp³-hybridized carbons (Fsp3) is 0.0714. The Labute approximate surface area is 180 Å². The summed E-state index contributed by atoms with van der Waals surface area (Å²) in [7, 11) is -0.763. The molecule has 0 heterocycles. The Balaban J connectivity index is 0.000000200. The highest BCUT2D eigenvalue weighted by atomic mass is 28.2. The molecule has 2 heteroatoms. The van der Waals surface area contributed by atoms with Gasteiger partial charge in [-0.2, -0.15) is 0 Å². The molecule has 0 bridgehead atoms. The largest absolute Gasteiger partial charge is 0.544 e. The second-order valence-electron chi connectivity index (χ2n) is 7.74. The minimum absolute atomic E-state index is 0.763. The Morgan fingerprint density at radius 2 is 1.47 bits per heavy atom. The Morgan fingerprint density at radius 1 is 0.767 bits per heavy atom. The summed E-state index contributed by atoms with van der Waals surface area (Å²) in [4.78, 5) is 0. The summed E-state index contributed by atoms with van der Waals surface area (Å²) in [5.41, 5.74) is 10.5. The second kappa shape index (κ2) is 7.81. The van der Waals surface area contributed by atoms with E-state index in [2.05, 4.69) is 86.0 Å². The van der Waals surface area contributed by atoms with Crippen LogP contribution in [0.4, 0.5) is 0 Å². The van der Waals surface area contributed by atoms with Crippen molar-refractivity contribution in [2.75, 3.05) is 0 Å². The first-order chi connectivity index (χ1) is 14.8. The van der Waals surface area contributed by atoms with Crippen LogP contribution in [0.3, 0.4) is 0 Å². The molecule has 0 amide bonds. The zero-order chi connectivity index (χ0) is 20.5. The summed E-state index contributed by atoms with van der Waals surface area (Å²) < 4.78 is 6.21. The lowest BCUT2D eigenvalue weighted by Gasteiger charge is -2.29. The molecule has 0 aromatic heterocycles. The second-order valence-corrected chi connectivity index (χ2v) is 9.07. The molecule has 0 N–H and O–H groups in total. The molecule has 146 valence electrons. The van der Waals surface area contributed by atoms with Gasteiger partial charge in [-0.1, -0.05) is 98.1 Å². The third-order valence-electron chi connectivity index (χ3n) is 6.07. The lowest BCUT2D eigenvalue weighted by atomic mass is 9.83. The Kier molecular flexibility index (Phi) is 4.86. The van der Waals surface area contributed by atoms with Crippen molar-refractivity contribution >= 4 is 38.4 Å². The van der Waals surface area contributed by atoms with Crippen LogP contribution in [0, 0.1) is 0 Å². The highest BCUT2D eigenvalue weighted by Gasteiger charge is 2.28. The van der Waals surface area contributed by atoms with Crippen molar-refractivity contribution in [3.63, 3.8) is 0 Å². The van der Waals surface area contributed by atoms with Crippen molar-refractivity contribution in [1.82, 2.24) is 0 Å². The van der Waals surface area contributed by atoms with E-state index in [1.807, 2.05) is 12.2 Å². The number of allylic oxidation sites excluding steroid dienone is 2. The molecule has 0 spiro atoms. The van der Waals surface area contributed by atoms with Crippen LogP contribution in [0.1, 0.15) is 38.9 Å². The molecule has 3 aromatic carbocycles. The standard InChI is InChI=1S/C20H16OSi.C8H8/c1-3-13-9-7-11-17-19(13)15(4-2)20(17)21-22-18-12-14-8-5-6-10-16(14)18;1-2-4-8-6-5-7(8)3-1/h3-12H,1-2,22H2;1-4H,5-6H2. The van der Waals surface area contributed by atoms with Gasteiger partial charge in [0, 0.05) is 16.7 Å². The first kappa shape index (κ1) is 18.7. The van der Waals surface area contributed by atoms with Crippen LogP contribution in [-0.2, 0) is 17.3 Å². The molecule has 0 fully saturated rings. The number of hydrogen-bond acceptors (Lipinski definition) is 1. The van der Waals surface area contributed by atoms with E-state index < -0.39 is 9.76 Å². The van der Waals surface area contributed by atoms with Crippen molar-refractivity contribution in [1.29, 1.82) is 0 Å². The average Bonchev–Trinajstić information content (AvgIpc) is 2.73. The van der Waals surface area contributed by atoms with E-state index in [0.717, 1.165) is 16.9 Å². The van der Waals surface area contributed by atoms with Crippen molar-refractivity contribution in [2.45, 2.75) is 12.8 Å². The van der Waals surface area contributed by atoms with Gasteiger partial charge in [-0.3, -0.25) is 0 Å². The minimum Gasteiger partial charge on any atom is -0.544 e. The number of hydrogen-bond donors (Lipinski definition) is 0. The number of aryl methyl sites for hydroxylation is 2. The summed E-state index contributed by atoms with van der Waals surface area (Å²) in [6.45, 7) is 7.82. The molecule has 6 rings (SSSR count). The zero-order valence-electron chi connectivity index (χ0n) is 17.0. The van der Waals surface area contributed by atoms with E-state index in [-0.39, 0.29) is 0 Å². The molecule has 0 radical (unpaired) electrons. The molecule has 3 aliphatic carbocycles. The molecule has 3 aliphatic rings. The maximum atomic E-state index is 6.21. The highest BCUT2D eigenvalue weighted by molar-refractivity contribution is 6.60. The number of fused-ring (bicyclic) bond motifs is 3. The third kappa shape index (κ3) is 3.10. The van der Waals surface area contributed by atoms with Gasteiger partial charge in [-0.15, -0.1) is 0 Å². The summed E-state index contributed by atoms with van der Waals surface area (Å²) in [5, 5.41) is 1.39. The van der Waals surface area contributed by atoms with Crippen LogP contribution in [0.15, 0.2) is 86.0 Å². The first-order valence-corrected chi connectivity index (χ1v) is 11.7. The van der Waals surface area contributed by atoms with Gasteiger partial charge < -0.3 is 4.43 Å². The normalized spacial score (nSPS) is 14.6. The Hall–Kier alpha value is -3.36. The Bertz CT molecular complexity index is 1210. The number of benzene rings is 3. The summed E-state index contributed by atoms with van der Waals surface area (Å²) in [6.07, 6.45) is 8.63. The third-order valence-corrected chi connectivity index (χ3v) is 7.40. The first-order valence-electron chi connectivity index (χ1n) is 10.4. The van der Waals surface area contributed by atoms with Crippen LogP contribution in [0.5, 0.6) is 0 Å². The van der Waals surface area contributed by atoms with Crippen LogP contribution in [0.2, 0.25) is 0 Å². The van der Waals surface area contributed by atoms with E-state index in [1.54, 1.807) is 11.1 Å². The zero-order valence-corrected chi connectivity index (χ0v) is 18.4. The van der Waals surface area contributed by atoms with E-state index in [9.17, 15) is 0 Å². The average molecular weight is 405 g/mol. The van der Waals surface area contributed by atoms with Gasteiger partial charge >= 0.3 is 0 Å². The van der Waals surface area contributed by atoms with Gasteiger partial charge in [0.1, 0.15) is 5.76 Å². The molecule has 0 saturated heterocycles. The van der Waals surface area contributed by atoms with Gasteiger partial charge in [-0.25, -0.2) is 0 Å². The van der Waals surface area contributed by atoms with E-state index in [0.29, 0.717) is 0 Å². The van der Waals surface area contributed by atoms with Crippen molar-refractivity contribution in [2.24, 2.45) is 0 Å². The topological polar surface area (TPSA) is 9.23 Å². The van der Waals surface area contributed by atoms with Crippen LogP contribution in [-0.4, -0.2) is 9.76 Å². The van der Waals surface area contributed by atoms with Crippen molar-refractivity contribution in [3.05, 3.63) is 125 Å². The molecular formula is C28H24OSi. The van der Waals surface area contributed by atoms with E-state index in [1.165, 1.54) is 40.3 Å². The summed E-state index contributed by atoms with van der Waals surface area (Å²) in [5.74, 6) is 1.01. The SMILES string of the molecule is C=CC1=C(O[SiH2]C2=Cc3ccccc32)c2cccc(C=C)c21.c1ccc2c(c1)CC2.